The van der Waals surface area contributed by atoms with Crippen LogP contribution in [0, 0.1) is 27.7 Å². The number of unbranched alkanes of at least 4 members (excludes halogenated alkanes) is 7. The molecule has 12 nitrogen and oxygen atoms in total. The lowest BCUT2D eigenvalue weighted by Gasteiger charge is -2.24. The van der Waals surface area contributed by atoms with Crippen LogP contribution in [0.3, 0.4) is 0 Å². The van der Waals surface area contributed by atoms with Crippen molar-refractivity contribution < 1.29 is 33.7 Å². The Labute approximate surface area is 385 Å². The molecule has 4 rings (SSSR count). The van der Waals surface area contributed by atoms with E-state index in [1.807, 2.05) is 27.7 Å². The van der Waals surface area contributed by atoms with Gasteiger partial charge in [0.05, 0.1) is 19.6 Å². The van der Waals surface area contributed by atoms with Crippen molar-refractivity contribution in [2.24, 2.45) is 0 Å². The molecule has 0 spiro atoms. The fraction of sp³-hybridized carbons (Fsp3) is 0.500. The summed E-state index contributed by atoms with van der Waals surface area (Å²) in [6.45, 7) is 13.6. The van der Waals surface area contributed by atoms with Crippen molar-refractivity contribution in [1.29, 1.82) is 0 Å². The molecule has 0 radical (unpaired) electrons. The van der Waals surface area contributed by atoms with Gasteiger partial charge in [0.1, 0.15) is 0 Å². The van der Waals surface area contributed by atoms with Gasteiger partial charge in [0.25, 0.3) is 0 Å². The first-order chi connectivity index (χ1) is 30.3. The third-order valence-corrected chi connectivity index (χ3v) is 19.3. The quantitative estimate of drug-likeness (QED) is 0.0490. The summed E-state index contributed by atoms with van der Waals surface area (Å²) in [4.78, 5) is 0.952. The first-order valence-electron chi connectivity index (χ1n) is 22.6. The number of benzene rings is 4. The van der Waals surface area contributed by atoms with Gasteiger partial charge in [-0.15, -0.1) is 0 Å². The first-order valence-corrected chi connectivity index (χ1v) is 28.4. The van der Waals surface area contributed by atoms with Gasteiger partial charge in [-0.2, -0.15) is 17.2 Å². The number of hydrogen-bond acceptors (Lipinski definition) is 8. The van der Waals surface area contributed by atoms with Gasteiger partial charge in [-0.3, -0.25) is 0 Å². The van der Waals surface area contributed by atoms with Crippen LogP contribution in [0.2, 0.25) is 0 Å². The van der Waals surface area contributed by atoms with Crippen LogP contribution in [0.4, 0.5) is 0 Å². The Hall–Kier alpha value is -3.48. The highest BCUT2D eigenvalue weighted by molar-refractivity contribution is 7.90. The smallest absolute Gasteiger partial charge is 0.207 e. The van der Waals surface area contributed by atoms with E-state index in [9.17, 15) is 33.7 Å². The molecular formula is C48H70N4O8S4. The summed E-state index contributed by atoms with van der Waals surface area (Å²) in [6.07, 6.45) is 6.60. The minimum atomic E-state index is -3.78. The fourth-order valence-corrected chi connectivity index (χ4v) is 13.5. The highest BCUT2D eigenvalue weighted by Gasteiger charge is 2.27. The predicted octanol–water partition coefficient (Wildman–Crippen LogP) is 8.92. The zero-order valence-electron chi connectivity index (χ0n) is 38.7. The maximum absolute atomic E-state index is 13.9. The molecule has 0 aliphatic carbocycles. The van der Waals surface area contributed by atoms with Gasteiger partial charge < -0.3 is 0 Å². The number of sulfonamides is 4. The van der Waals surface area contributed by atoms with E-state index in [-0.39, 0.29) is 45.8 Å². The second-order valence-electron chi connectivity index (χ2n) is 16.6. The summed E-state index contributed by atoms with van der Waals surface area (Å²) in [5.74, 6) is 0. The van der Waals surface area contributed by atoms with E-state index in [2.05, 4.69) is 0 Å². The van der Waals surface area contributed by atoms with Crippen molar-refractivity contribution in [1.82, 2.24) is 17.2 Å². The molecule has 4 aromatic carbocycles. The van der Waals surface area contributed by atoms with E-state index in [4.69, 9.17) is 0 Å². The van der Waals surface area contributed by atoms with Crippen molar-refractivity contribution in [3.63, 3.8) is 0 Å². The Bertz CT molecular complexity index is 2300. The predicted molar refractivity (Wildman–Crippen MR) is 257 cm³/mol. The van der Waals surface area contributed by atoms with Crippen LogP contribution in [0.25, 0.3) is 0 Å². The highest BCUT2D eigenvalue weighted by atomic mass is 32.2. The van der Waals surface area contributed by atoms with Crippen molar-refractivity contribution >= 4 is 40.1 Å². The molecule has 0 N–H and O–H groups in total. The molecule has 0 aromatic heterocycles. The van der Waals surface area contributed by atoms with Gasteiger partial charge in [-0.1, -0.05) is 110 Å². The monoisotopic (exact) mass is 958 g/mol. The molecule has 16 heteroatoms. The average molecular weight is 959 g/mol. The van der Waals surface area contributed by atoms with Crippen LogP contribution in [0.15, 0.2) is 117 Å². The summed E-state index contributed by atoms with van der Waals surface area (Å²) < 4.78 is 115. The minimum Gasteiger partial charge on any atom is -0.207 e. The van der Waals surface area contributed by atoms with Gasteiger partial charge in [-0.05, 0) is 115 Å². The number of rotatable bonds is 29. The zero-order valence-corrected chi connectivity index (χ0v) is 41.9. The van der Waals surface area contributed by atoms with Gasteiger partial charge in [0.2, 0.25) is 40.1 Å². The van der Waals surface area contributed by atoms with Gasteiger partial charge >= 0.3 is 0 Å². The van der Waals surface area contributed by atoms with Crippen molar-refractivity contribution in [3.8, 4) is 0 Å². The SMILES string of the molecule is CCN(CCCCN(CCCCCCCCN(CCCCN(CC)S(=O)(=O)c1ccc(C)cc1)S(=O)(=O)c1ccc(C)cc1)S(=O)(=O)c1ccc(C)cc1)S(=O)(=O)c1ccc(C)cc1. The molecule has 0 saturated carbocycles. The molecule has 0 bridgehead atoms. The Kier molecular flexibility index (Phi) is 20.7. The van der Waals surface area contributed by atoms with E-state index in [0.717, 1.165) is 47.9 Å². The normalized spacial score (nSPS) is 12.8. The van der Waals surface area contributed by atoms with E-state index in [0.29, 0.717) is 64.7 Å². The summed E-state index contributed by atoms with van der Waals surface area (Å²) in [6, 6.07) is 27.2. The third-order valence-electron chi connectivity index (χ3n) is 11.5. The largest absolute Gasteiger partial charge is 0.243 e. The molecule has 0 saturated heterocycles. The van der Waals surface area contributed by atoms with E-state index in [1.165, 1.54) is 17.2 Å². The Morgan fingerprint density at radius 3 is 0.672 bits per heavy atom. The highest BCUT2D eigenvalue weighted by Crippen LogP contribution is 2.23. The topological polar surface area (TPSA) is 150 Å². The van der Waals surface area contributed by atoms with E-state index in [1.54, 1.807) is 111 Å². The average Bonchev–Trinajstić information content (AvgIpc) is 3.26. The number of nitrogens with zero attached hydrogens (tertiary/aromatic N) is 4. The van der Waals surface area contributed by atoms with Crippen LogP contribution >= 0.6 is 0 Å². The molecule has 4 aromatic rings. The number of aryl methyl sites for hydroxylation is 4. The lowest BCUT2D eigenvalue weighted by Crippen LogP contribution is -2.35. The molecule has 354 valence electrons. The van der Waals surface area contributed by atoms with Crippen LogP contribution < -0.4 is 0 Å². The van der Waals surface area contributed by atoms with Crippen LogP contribution in [-0.4, -0.2) is 103 Å². The Morgan fingerprint density at radius 2 is 0.453 bits per heavy atom. The first kappa shape index (κ1) is 53.1. The standard InChI is InChI=1S/C48H70N4O8S4/c1-7-49(61(53,54)45-27-19-41(3)20-28-45)35-15-17-39-51(63(57,58)47-31-23-43(5)24-32-47)37-13-11-9-10-12-14-38-52(64(59,60)48-33-25-44(6)26-34-48)40-18-16-36-50(8-2)62(55,56)46-29-21-42(4)22-30-46/h19-34H,7-18,35-40H2,1-6H3. The zero-order chi connectivity index (χ0) is 47.0. The molecule has 64 heavy (non-hydrogen) atoms. The molecular weight excluding hydrogens is 889 g/mol. The molecule has 0 unspecified atom stereocenters. The molecule has 0 aliphatic rings. The summed E-state index contributed by atoms with van der Waals surface area (Å²) >= 11 is 0. The second kappa shape index (κ2) is 24.9. The van der Waals surface area contributed by atoms with Crippen LogP contribution in [-0.2, 0) is 40.1 Å². The molecule has 0 heterocycles. The van der Waals surface area contributed by atoms with E-state index >= 15 is 0 Å². The second-order valence-corrected chi connectivity index (χ2v) is 24.3. The lowest BCUT2D eigenvalue weighted by molar-refractivity contribution is 0.362. The number of hydrogen-bond donors (Lipinski definition) is 0. The van der Waals surface area contributed by atoms with Crippen molar-refractivity contribution in [2.75, 3.05) is 52.4 Å². The van der Waals surface area contributed by atoms with Gasteiger partial charge in [-0.25, -0.2) is 33.7 Å². The third kappa shape index (κ3) is 15.0. The van der Waals surface area contributed by atoms with Gasteiger partial charge in [0.15, 0.2) is 0 Å². The Morgan fingerprint density at radius 1 is 0.281 bits per heavy atom. The molecule has 0 atom stereocenters. The summed E-state index contributed by atoms with van der Waals surface area (Å²) in [7, 11) is -14.9. The van der Waals surface area contributed by atoms with Crippen LogP contribution in [0.5, 0.6) is 0 Å². The fourth-order valence-electron chi connectivity index (χ4n) is 7.47. The molecule has 0 fully saturated rings. The minimum absolute atomic E-state index is 0.232. The van der Waals surface area contributed by atoms with E-state index < -0.39 is 40.1 Å². The maximum atomic E-state index is 13.9. The molecule has 0 aliphatic heterocycles. The molecule has 0 amide bonds. The summed E-state index contributed by atoms with van der Waals surface area (Å²) in [5, 5.41) is 0. The van der Waals surface area contributed by atoms with Gasteiger partial charge in [0, 0.05) is 52.4 Å². The summed E-state index contributed by atoms with van der Waals surface area (Å²) in [5.41, 5.74) is 3.87. The van der Waals surface area contributed by atoms with Crippen molar-refractivity contribution in [3.05, 3.63) is 119 Å². The van der Waals surface area contributed by atoms with Crippen LogP contribution in [0.1, 0.15) is 100 Å². The van der Waals surface area contributed by atoms with Crippen molar-refractivity contribution in [2.45, 2.75) is 125 Å². The maximum Gasteiger partial charge on any atom is 0.243 e. The lowest BCUT2D eigenvalue weighted by atomic mass is 10.1. The Balaban J connectivity index is 1.30.